The zero-order valence-electron chi connectivity index (χ0n) is 55.3. The first-order chi connectivity index (χ1) is 40.5. The highest BCUT2D eigenvalue weighted by atomic mass is 16.6. The van der Waals surface area contributed by atoms with Gasteiger partial charge in [0, 0.05) is 19.3 Å². The molecule has 0 bridgehead atoms. The van der Waals surface area contributed by atoms with Crippen LogP contribution in [0.4, 0.5) is 0 Å². The van der Waals surface area contributed by atoms with Gasteiger partial charge in [0.15, 0.2) is 6.10 Å². The normalized spacial score (nSPS) is 12.3. The predicted octanol–water partition coefficient (Wildman–Crippen LogP) is 25.3. The summed E-state index contributed by atoms with van der Waals surface area (Å²) in [5, 5.41) is 0. The lowest BCUT2D eigenvalue weighted by Crippen LogP contribution is -2.30. The van der Waals surface area contributed by atoms with E-state index in [1.165, 1.54) is 283 Å². The van der Waals surface area contributed by atoms with Gasteiger partial charge in [-0.2, -0.15) is 0 Å². The number of ether oxygens (including phenoxy) is 3. The molecule has 1 atom stereocenters. The lowest BCUT2D eigenvalue weighted by molar-refractivity contribution is -0.167. The van der Waals surface area contributed by atoms with Crippen molar-refractivity contribution in [3.63, 3.8) is 0 Å². The van der Waals surface area contributed by atoms with E-state index in [0.29, 0.717) is 19.3 Å². The fourth-order valence-electron chi connectivity index (χ4n) is 11.0. The van der Waals surface area contributed by atoms with Gasteiger partial charge in [-0.05, 0) is 83.5 Å². The molecule has 0 saturated heterocycles. The van der Waals surface area contributed by atoms with Crippen LogP contribution < -0.4 is 0 Å². The summed E-state index contributed by atoms with van der Waals surface area (Å²) >= 11 is 0. The molecule has 0 aliphatic heterocycles. The smallest absolute Gasteiger partial charge is 0.306 e. The summed E-state index contributed by atoms with van der Waals surface area (Å²) < 4.78 is 17.0. The highest BCUT2D eigenvalue weighted by Gasteiger charge is 2.19. The minimum Gasteiger partial charge on any atom is -0.462 e. The van der Waals surface area contributed by atoms with E-state index in [9.17, 15) is 14.4 Å². The Morgan fingerprint density at radius 3 is 0.695 bits per heavy atom. The summed E-state index contributed by atoms with van der Waals surface area (Å²) in [5.41, 5.74) is 0. The summed E-state index contributed by atoms with van der Waals surface area (Å²) in [5.74, 6) is -0.849. The van der Waals surface area contributed by atoms with Gasteiger partial charge in [-0.1, -0.05) is 345 Å². The van der Waals surface area contributed by atoms with Crippen LogP contribution in [-0.2, 0) is 28.6 Å². The van der Waals surface area contributed by atoms with Crippen LogP contribution in [-0.4, -0.2) is 37.2 Å². The molecule has 0 aliphatic rings. The lowest BCUT2D eigenvalue weighted by Gasteiger charge is -2.18. The molecule has 0 aromatic rings. The van der Waals surface area contributed by atoms with Gasteiger partial charge in [-0.3, -0.25) is 14.4 Å². The Morgan fingerprint density at radius 2 is 0.439 bits per heavy atom. The van der Waals surface area contributed by atoms with Crippen LogP contribution in [0.15, 0.2) is 48.6 Å². The molecule has 0 rings (SSSR count). The van der Waals surface area contributed by atoms with Crippen molar-refractivity contribution >= 4 is 17.9 Å². The van der Waals surface area contributed by atoms with E-state index < -0.39 is 6.10 Å². The number of carbonyl (C=O) groups excluding carboxylic acids is 3. The summed E-state index contributed by atoms with van der Waals surface area (Å²) in [4.78, 5) is 38.5. The van der Waals surface area contributed by atoms with Crippen molar-refractivity contribution in [2.45, 2.75) is 406 Å². The highest BCUT2D eigenvalue weighted by Crippen LogP contribution is 2.19. The third-order valence-electron chi connectivity index (χ3n) is 16.6. The zero-order valence-corrected chi connectivity index (χ0v) is 55.3. The van der Waals surface area contributed by atoms with Crippen molar-refractivity contribution in [3.8, 4) is 0 Å². The number of unbranched alkanes of at least 4 members (excludes halogenated alkanes) is 49. The third-order valence-corrected chi connectivity index (χ3v) is 16.6. The first kappa shape index (κ1) is 79.4. The second-order valence-corrected chi connectivity index (χ2v) is 24.9. The molecule has 0 radical (unpaired) electrons. The number of hydrogen-bond donors (Lipinski definition) is 0. The van der Waals surface area contributed by atoms with Crippen LogP contribution in [0.5, 0.6) is 0 Å². The van der Waals surface area contributed by atoms with E-state index in [2.05, 4.69) is 69.4 Å². The number of esters is 3. The molecule has 0 fully saturated rings. The second-order valence-electron chi connectivity index (χ2n) is 24.9. The third kappa shape index (κ3) is 68.2. The molecule has 6 nitrogen and oxygen atoms in total. The van der Waals surface area contributed by atoms with Crippen molar-refractivity contribution in [2.75, 3.05) is 13.2 Å². The molecule has 0 aromatic carbocycles. The average Bonchev–Trinajstić information content (AvgIpc) is 3.47. The first-order valence-corrected chi connectivity index (χ1v) is 36.6. The maximum Gasteiger partial charge on any atom is 0.306 e. The summed E-state index contributed by atoms with van der Waals surface area (Å²) in [6, 6.07) is 0. The topological polar surface area (TPSA) is 78.9 Å². The fraction of sp³-hybridized carbons (Fsp3) is 0.855. The van der Waals surface area contributed by atoms with Crippen molar-refractivity contribution < 1.29 is 28.6 Å². The first-order valence-electron chi connectivity index (χ1n) is 36.6. The van der Waals surface area contributed by atoms with Crippen molar-refractivity contribution in [2.24, 2.45) is 0 Å². The van der Waals surface area contributed by atoms with Gasteiger partial charge in [-0.15, -0.1) is 0 Å². The van der Waals surface area contributed by atoms with Gasteiger partial charge in [0.05, 0.1) is 0 Å². The minimum atomic E-state index is -0.775. The quantitative estimate of drug-likeness (QED) is 0.0261. The van der Waals surface area contributed by atoms with Gasteiger partial charge in [0.2, 0.25) is 0 Å². The van der Waals surface area contributed by atoms with Gasteiger partial charge < -0.3 is 14.2 Å². The van der Waals surface area contributed by atoms with Crippen LogP contribution in [0.3, 0.4) is 0 Å². The van der Waals surface area contributed by atoms with Crippen LogP contribution in [0, 0.1) is 0 Å². The van der Waals surface area contributed by atoms with E-state index in [4.69, 9.17) is 14.2 Å². The number of carbonyl (C=O) groups is 3. The Kier molecular flexibility index (Phi) is 68.6. The lowest BCUT2D eigenvalue weighted by atomic mass is 10.0. The van der Waals surface area contributed by atoms with Crippen LogP contribution in [0.1, 0.15) is 400 Å². The number of allylic oxidation sites excluding steroid dienone is 8. The van der Waals surface area contributed by atoms with Crippen LogP contribution in [0.25, 0.3) is 0 Å². The van der Waals surface area contributed by atoms with Gasteiger partial charge >= 0.3 is 17.9 Å². The molecule has 0 amide bonds. The Labute approximate surface area is 511 Å². The Hall–Kier alpha value is -2.63. The summed E-state index contributed by atoms with van der Waals surface area (Å²) in [7, 11) is 0. The molecule has 0 saturated carbocycles. The van der Waals surface area contributed by atoms with Crippen LogP contribution >= 0.6 is 0 Å². The zero-order chi connectivity index (χ0) is 59.2. The van der Waals surface area contributed by atoms with Gasteiger partial charge in [0.25, 0.3) is 0 Å². The molecular formula is C76H140O6. The van der Waals surface area contributed by atoms with Crippen molar-refractivity contribution in [1.82, 2.24) is 0 Å². The molecular weight excluding hydrogens is 1010 g/mol. The van der Waals surface area contributed by atoms with Gasteiger partial charge in [-0.25, -0.2) is 0 Å². The largest absolute Gasteiger partial charge is 0.462 e. The van der Waals surface area contributed by atoms with E-state index in [1.807, 2.05) is 0 Å². The Morgan fingerprint density at radius 1 is 0.244 bits per heavy atom. The summed E-state index contributed by atoms with van der Waals surface area (Å²) in [6.07, 6.45) is 90.0. The molecule has 480 valence electrons. The molecule has 0 heterocycles. The summed E-state index contributed by atoms with van der Waals surface area (Å²) in [6.45, 7) is 6.67. The van der Waals surface area contributed by atoms with Gasteiger partial charge in [0.1, 0.15) is 13.2 Å². The second kappa shape index (κ2) is 70.9. The van der Waals surface area contributed by atoms with Crippen molar-refractivity contribution in [1.29, 1.82) is 0 Å². The number of hydrogen-bond acceptors (Lipinski definition) is 6. The molecule has 0 N–H and O–H groups in total. The predicted molar refractivity (Wildman–Crippen MR) is 358 cm³/mol. The average molecular weight is 1150 g/mol. The maximum absolute atomic E-state index is 12.9. The fourth-order valence-corrected chi connectivity index (χ4v) is 11.0. The van der Waals surface area contributed by atoms with E-state index in [-0.39, 0.29) is 31.1 Å². The molecule has 0 aliphatic carbocycles. The highest BCUT2D eigenvalue weighted by molar-refractivity contribution is 5.71. The molecule has 0 aromatic heterocycles. The Balaban J connectivity index is 4.19. The van der Waals surface area contributed by atoms with E-state index in [0.717, 1.165) is 77.0 Å². The molecule has 82 heavy (non-hydrogen) atoms. The van der Waals surface area contributed by atoms with E-state index >= 15 is 0 Å². The van der Waals surface area contributed by atoms with Crippen LogP contribution in [0.2, 0.25) is 0 Å². The molecule has 0 spiro atoms. The standard InChI is InChI=1S/C76H140O6/c1-4-7-10-13-16-19-22-25-28-31-32-33-34-35-36-37-38-39-40-41-42-43-44-46-48-51-54-57-60-63-66-69-75(78)81-72-73(71-80-74(77)68-65-62-59-56-53-50-47-30-27-24-21-18-15-12-9-6-3)82-76(79)70-67-64-61-58-55-52-49-45-29-26-23-20-17-14-11-8-5-2/h17,20,22,25-26,29,31-32,73H,4-16,18-19,21,23-24,27-28,30,33-72H2,1-3H3/b20-17-,25-22-,29-26-,32-31-. The SMILES string of the molecule is CCCCC/C=C\C/C=C\CCCCCCCCCC(=O)OC(COC(=O)CCCCCCCCCCCCCCCCCC)COC(=O)CCCCCCCCCCCCCCCCCCCCC/C=C\C/C=C\CCCCCCC. The molecule has 1 unspecified atom stereocenters. The monoisotopic (exact) mass is 1150 g/mol. The molecule has 6 heteroatoms. The Bertz CT molecular complexity index is 1410. The van der Waals surface area contributed by atoms with Crippen molar-refractivity contribution in [3.05, 3.63) is 48.6 Å². The van der Waals surface area contributed by atoms with E-state index in [1.54, 1.807) is 0 Å². The maximum atomic E-state index is 12.9. The minimum absolute atomic E-state index is 0.0706. The number of rotatable bonds is 68.